The lowest BCUT2D eigenvalue weighted by atomic mass is 9.90. The first-order chi connectivity index (χ1) is 13.4. The minimum atomic E-state index is -0.263. The Labute approximate surface area is 166 Å². The van der Waals surface area contributed by atoms with Gasteiger partial charge in [0.05, 0.1) is 31.0 Å². The summed E-state index contributed by atoms with van der Waals surface area (Å²) in [6.07, 6.45) is 1.70. The Bertz CT molecular complexity index is 749. The van der Waals surface area contributed by atoms with E-state index in [1.54, 1.807) is 13.1 Å². The maximum Gasteiger partial charge on any atom is 0.271 e. The number of carbonyl (C=O) groups excluding carboxylic acids is 2. The largest absolute Gasteiger partial charge is 0.367 e. The van der Waals surface area contributed by atoms with Crippen LogP contribution in [0.15, 0.2) is 18.2 Å². The van der Waals surface area contributed by atoms with Crippen LogP contribution in [-0.4, -0.2) is 76.8 Å². The van der Waals surface area contributed by atoms with Crippen LogP contribution < -0.4 is 5.32 Å². The number of carbonyl (C=O) groups is 2. The molecule has 0 atom stereocenters. The Morgan fingerprint density at radius 1 is 1.39 bits per heavy atom. The Hall–Kier alpha value is -2.19. The van der Waals surface area contributed by atoms with E-state index in [1.807, 2.05) is 23.4 Å². The van der Waals surface area contributed by atoms with Gasteiger partial charge in [-0.25, -0.2) is 0 Å². The lowest BCUT2D eigenvalue weighted by Crippen LogP contribution is -2.52. The van der Waals surface area contributed by atoms with Crippen LogP contribution in [0.2, 0.25) is 0 Å². The highest BCUT2D eigenvalue weighted by Gasteiger charge is 2.40. The topological polar surface area (TPSA) is 79.7 Å². The zero-order valence-electron chi connectivity index (χ0n) is 17.2. The molecule has 2 aliphatic rings. The van der Waals surface area contributed by atoms with Gasteiger partial charge in [-0.3, -0.25) is 19.2 Å². The summed E-state index contributed by atoms with van der Waals surface area (Å²) in [7, 11) is 1.60. The van der Waals surface area contributed by atoms with Crippen LogP contribution in [0.4, 0.5) is 0 Å². The van der Waals surface area contributed by atoms with Crippen LogP contribution in [0, 0.1) is 0 Å². The van der Waals surface area contributed by atoms with Gasteiger partial charge in [0.2, 0.25) is 5.91 Å². The highest BCUT2D eigenvalue weighted by molar-refractivity contribution is 5.92. The number of aromatic nitrogens is 2. The molecular weight excluding hydrogens is 358 g/mol. The fourth-order valence-corrected chi connectivity index (χ4v) is 3.91. The number of amides is 2. The van der Waals surface area contributed by atoms with Gasteiger partial charge in [0.15, 0.2) is 5.69 Å². The fourth-order valence-electron chi connectivity index (χ4n) is 3.91. The number of fused-ring (bicyclic) bond motifs is 1. The monoisotopic (exact) mass is 389 g/mol. The molecule has 0 aliphatic carbocycles. The molecule has 0 radical (unpaired) electrons. The molecule has 0 aromatic carbocycles. The van der Waals surface area contributed by atoms with Gasteiger partial charge in [0, 0.05) is 33.2 Å². The molecular formula is C20H31N5O3. The van der Waals surface area contributed by atoms with Crippen LogP contribution >= 0.6 is 0 Å². The van der Waals surface area contributed by atoms with Crippen LogP contribution in [0.25, 0.3) is 0 Å². The second-order valence-electron chi connectivity index (χ2n) is 7.87. The van der Waals surface area contributed by atoms with Gasteiger partial charge in [-0.1, -0.05) is 12.2 Å². The van der Waals surface area contributed by atoms with Crippen LogP contribution in [0.5, 0.6) is 0 Å². The van der Waals surface area contributed by atoms with Crippen LogP contribution in [0.3, 0.4) is 0 Å². The van der Waals surface area contributed by atoms with Gasteiger partial charge in [0.25, 0.3) is 5.91 Å². The third kappa shape index (κ3) is 4.44. The van der Waals surface area contributed by atoms with Crippen molar-refractivity contribution in [2.45, 2.75) is 45.4 Å². The zero-order chi connectivity index (χ0) is 20.3. The molecule has 1 aromatic rings. The molecule has 8 heteroatoms. The average Bonchev–Trinajstić information content (AvgIpc) is 3.10. The minimum absolute atomic E-state index is 0.149. The quantitative estimate of drug-likeness (QED) is 0.735. The fraction of sp³-hybridized carbons (Fsp3) is 0.650. The van der Waals surface area contributed by atoms with Gasteiger partial charge in [-0.15, -0.1) is 0 Å². The van der Waals surface area contributed by atoms with Gasteiger partial charge in [-0.2, -0.15) is 5.10 Å². The summed E-state index contributed by atoms with van der Waals surface area (Å²) in [6, 6.07) is 1.79. The summed E-state index contributed by atoms with van der Waals surface area (Å²) in [5.41, 5.74) is 2.09. The molecule has 2 aliphatic heterocycles. The number of ether oxygens (including phenoxy) is 1. The maximum atomic E-state index is 12.6. The normalized spacial score (nSPS) is 18.5. The molecule has 2 amide bonds. The molecule has 8 nitrogen and oxygen atoms in total. The molecule has 1 N–H and O–H groups in total. The SMILES string of the molecule is C=C(C)CN(CC)C(=O)CN1CCC2(CC1)Cn1nc(C(=O)NC)cc1CO2. The highest BCUT2D eigenvalue weighted by Crippen LogP contribution is 2.33. The van der Waals surface area contributed by atoms with E-state index < -0.39 is 0 Å². The second-order valence-corrected chi connectivity index (χ2v) is 7.87. The van der Waals surface area contributed by atoms with E-state index in [1.165, 1.54) is 0 Å². The summed E-state index contributed by atoms with van der Waals surface area (Å²) in [6.45, 7) is 12.3. The molecule has 154 valence electrons. The molecule has 3 heterocycles. The van der Waals surface area contributed by atoms with Crippen molar-refractivity contribution in [2.24, 2.45) is 0 Å². The van der Waals surface area contributed by atoms with Crippen molar-refractivity contribution in [1.29, 1.82) is 0 Å². The van der Waals surface area contributed by atoms with Gasteiger partial charge in [-0.05, 0) is 32.8 Å². The second kappa shape index (κ2) is 8.45. The van der Waals surface area contributed by atoms with Crippen molar-refractivity contribution < 1.29 is 14.3 Å². The molecule has 28 heavy (non-hydrogen) atoms. The molecule has 0 saturated carbocycles. The Balaban J connectivity index is 1.56. The number of nitrogens with one attached hydrogen (secondary N) is 1. The van der Waals surface area contributed by atoms with E-state index in [0.717, 1.165) is 37.2 Å². The standard InChI is InChI=1S/C20H31N5O3/c1-5-24(11-15(2)3)18(26)12-23-8-6-20(7-9-23)14-25-16(13-28-20)10-17(22-25)19(27)21-4/h10H,2,5-9,11-14H2,1,3-4H3,(H,21,27). The first kappa shape index (κ1) is 20.5. The number of rotatable bonds is 6. The Morgan fingerprint density at radius 2 is 2.11 bits per heavy atom. The van der Waals surface area contributed by atoms with E-state index in [4.69, 9.17) is 4.74 Å². The molecule has 1 fully saturated rings. The van der Waals surface area contributed by atoms with Crippen molar-refractivity contribution >= 4 is 11.8 Å². The van der Waals surface area contributed by atoms with Crippen molar-refractivity contribution in [3.63, 3.8) is 0 Å². The lowest BCUT2D eigenvalue weighted by molar-refractivity contribution is -0.138. The third-order valence-corrected chi connectivity index (χ3v) is 5.61. The first-order valence-corrected chi connectivity index (χ1v) is 9.93. The number of nitrogens with zero attached hydrogens (tertiary/aromatic N) is 4. The Morgan fingerprint density at radius 3 is 2.71 bits per heavy atom. The van der Waals surface area contributed by atoms with Crippen molar-refractivity contribution in [1.82, 2.24) is 24.9 Å². The van der Waals surface area contributed by atoms with Crippen molar-refractivity contribution in [3.8, 4) is 0 Å². The summed E-state index contributed by atoms with van der Waals surface area (Å²) in [5.74, 6) is -0.0323. The van der Waals surface area contributed by atoms with E-state index in [0.29, 0.717) is 38.5 Å². The summed E-state index contributed by atoms with van der Waals surface area (Å²) >= 11 is 0. The summed E-state index contributed by atoms with van der Waals surface area (Å²) in [4.78, 5) is 28.4. The van der Waals surface area contributed by atoms with E-state index in [2.05, 4.69) is 21.9 Å². The van der Waals surface area contributed by atoms with Crippen molar-refractivity contribution in [3.05, 3.63) is 29.6 Å². The predicted molar refractivity (Wildman–Crippen MR) is 106 cm³/mol. The number of piperidine rings is 1. The van der Waals surface area contributed by atoms with E-state index in [-0.39, 0.29) is 17.4 Å². The van der Waals surface area contributed by atoms with Gasteiger partial charge < -0.3 is 15.0 Å². The number of hydrogen-bond acceptors (Lipinski definition) is 5. The molecule has 3 rings (SSSR count). The molecule has 1 saturated heterocycles. The lowest BCUT2D eigenvalue weighted by Gasteiger charge is -2.43. The summed E-state index contributed by atoms with van der Waals surface area (Å²) < 4.78 is 8.11. The molecule has 0 bridgehead atoms. The number of hydrogen-bond donors (Lipinski definition) is 1. The molecule has 0 unspecified atom stereocenters. The van der Waals surface area contributed by atoms with Crippen LogP contribution in [0.1, 0.15) is 42.9 Å². The van der Waals surface area contributed by atoms with E-state index >= 15 is 0 Å². The third-order valence-electron chi connectivity index (χ3n) is 5.61. The number of likely N-dealkylation sites (N-methyl/N-ethyl adjacent to an activating group) is 1. The predicted octanol–water partition coefficient (Wildman–Crippen LogP) is 1.03. The van der Waals surface area contributed by atoms with E-state index in [9.17, 15) is 9.59 Å². The molecule has 1 aromatic heterocycles. The molecule has 1 spiro atoms. The minimum Gasteiger partial charge on any atom is -0.367 e. The average molecular weight is 390 g/mol. The number of likely N-dealkylation sites (tertiary alicyclic amines) is 1. The highest BCUT2D eigenvalue weighted by atomic mass is 16.5. The van der Waals surface area contributed by atoms with Gasteiger partial charge in [0.1, 0.15) is 0 Å². The summed E-state index contributed by atoms with van der Waals surface area (Å²) in [5, 5.41) is 7.05. The Kier molecular flexibility index (Phi) is 6.20. The van der Waals surface area contributed by atoms with Crippen LogP contribution in [-0.2, 0) is 22.7 Å². The van der Waals surface area contributed by atoms with Crippen molar-refractivity contribution in [2.75, 3.05) is 39.8 Å². The maximum absolute atomic E-state index is 12.6. The smallest absolute Gasteiger partial charge is 0.271 e. The first-order valence-electron chi connectivity index (χ1n) is 9.93. The van der Waals surface area contributed by atoms with Gasteiger partial charge >= 0.3 is 0 Å². The zero-order valence-corrected chi connectivity index (χ0v) is 17.2.